The third kappa shape index (κ3) is 2.93. The lowest BCUT2D eigenvalue weighted by Gasteiger charge is -2.20. The summed E-state index contributed by atoms with van der Waals surface area (Å²) in [4.78, 5) is 0. The molecule has 60 valence electrons. The van der Waals surface area contributed by atoms with Crippen LogP contribution in [0.15, 0.2) is 0 Å². The average molecular weight is 159 g/mol. The van der Waals surface area contributed by atoms with Gasteiger partial charge in [-0.3, -0.25) is 0 Å². The van der Waals surface area contributed by atoms with Crippen LogP contribution in [0.1, 0.15) is 25.7 Å². The van der Waals surface area contributed by atoms with Crippen LogP contribution in [-0.4, -0.2) is 24.6 Å². The van der Waals surface area contributed by atoms with Crippen molar-refractivity contribution in [2.45, 2.75) is 30.9 Å². The third-order valence-corrected chi connectivity index (χ3v) is 3.46. The Balaban J connectivity index is 2.02. The van der Waals surface area contributed by atoms with Gasteiger partial charge in [0, 0.05) is 5.25 Å². The van der Waals surface area contributed by atoms with Crippen molar-refractivity contribution in [3.63, 3.8) is 0 Å². The van der Waals surface area contributed by atoms with Crippen LogP contribution in [-0.2, 0) is 0 Å². The van der Waals surface area contributed by atoms with E-state index in [1.54, 1.807) is 0 Å². The van der Waals surface area contributed by atoms with Gasteiger partial charge in [-0.15, -0.1) is 0 Å². The van der Waals surface area contributed by atoms with Crippen LogP contribution >= 0.6 is 11.8 Å². The van der Waals surface area contributed by atoms with Crippen molar-refractivity contribution in [2.24, 2.45) is 0 Å². The minimum Gasteiger partial charge on any atom is -0.320 e. The van der Waals surface area contributed by atoms with Gasteiger partial charge in [0.15, 0.2) is 0 Å². The van der Waals surface area contributed by atoms with Gasteiger partial charge in [-0.2, -0.15) is 11.8 Å². The molecule has 1 fully saturated rings. The predicted molar refractivity (Wildman–Crippen MR) is 48.6 cm³/mol. The Morgan fingerprint density at radius 2 is 2.40 bits per heavy atom. The molecule has 1 heterocycles. The van der Waals surface area contributed by atoms with Gasteiger partial charge in [-0.05, 0) is 38.6 Å². The monoisotopic (exact) mass is 159 g/mol. The Labute approximate surface area is 68.0 Å². The van der Waals surface area contributed by atoms with Crippen molar-refractivity contribution in [1.82, 2.24) is 5.32 Å². The lowest BCUT2D eigenvalue weighted by atomic mass is 10.1. The molecule has 1 atom stereocenters. The molecule has 0 spiro atoms. The molecule has 0 radical (unpaired) electrons. The molecular weight excluding hydrogens is 142 g/mol. The summed E-state index contributed by atoms with van der Waals surface area (Å²) < 4.78 is 0. The van der Waals surface area contributed by atoms with E-state index >= 15 is 0 Å². The van der Waals surface area contributed by atoms with Crippen LogP contribution in [0.2, 0.25) is 0 Å². The summed E-state index contributed by atoms with van der Waals surface area (Å²) in [6.07, 6.45) is 5.72. The van der Waals surface area contributed by atoms with Crippen molar-refractivity contribution in [3.05, 3.63) is 0 Å². The Kier molecular flexibility index (Phi) is 4.23. The van der Waals surface area contributed by atoms with E-state index in [2.05, 4.69) is 17.1 Å². The molecule has 1 saturated heterocycles. The van der Waals surface area contributed by atoms with Crippen molar-refractivity contribution >= 4 is 11.8 Å². The van der Waals surface area contributed by atoms with E-state index in [4.69, 9.17) is 0 Å². The van der Waals surface area contributed by atoms with Gasteiger partial charge in [-0.25, -0.2) is 0 Å². The molecule has 10 heavy (non-hydrogen) atoms. The molecule has 0 aromatic carbocycles. The van der Waals surface area contributed by atoms with Crippen LogP contribution < -0.4 is 5.32 Å². The fourth-order valence-electron chi connectivity index (χ4n) is 1.34. The molecule has 2 heteroatoms. The minimum absolute atomic E-state index is 0.959. The van der Waals surface area contributed by atoms with Gasteiger partial charge in [0.05, 0.1) is 0 Å². The molecule has 1 nitrogen and oxygen atoms in total. The summed E-state index contributed by atoms with van der Waals surface area (Å²) in [7, 11) is 2.04. The Bertz CT molecular complexity index is 79.3. The van der Waals surface area contributed by atoms with E-state index in [0.29, 0.717) is 0 Å². The highest BCUT2D eigenvalue weighted by Crippen LogP contribution is 2.26. The van der Waals surface area contributed by atoms with E-state index in [1.165, 1.54) is 38.0 Å². The maximum absolute atomic E-state index is 3.20. The molecule has 0 aromatic rings. The summed E-state index contributed by atoms with van der Waals surface area (Å²) in [5.41, 5.74) is 0. The summed E-state index contributed by atoms with van der Waals surface area (Å²) >= 11 is 2.16. The summed E-state index contributed by atoms with van der Waals surface area (Å²) in [5.74, 6) is 1.40. The van der Waals surface area contributed by atoms with Crippen LogP contribution in [0.25, 0.3) is 0 Å². The second kappa shape index (κ2) is 5.03. The first-order chi connectivity index (χ1) is 4.93. The van der Waals surface area contributed by atoms with E-state index in [9.17, 15) is 0 Å². The maximum atomic E-state index is 3.20. The molecule has 1 rings (SSSR count). The topological polar surface area (TPSA) is 12.0 Å². The van der Waals surface area contributed by atoms with Crippen molar-refractivity contribution in [1.29, 1.82) is 0 Å². The quantitative estimate of drug-likeness (QED) is 0.675. The first kappa shape index (κ1) is 8.41. The first-order valence-electron chi connectivity index (χ1n) is 4.19. The van der Waals surface area contributed by atoms with Crippen LogP contribution in [0.3, 0.4) is 0 Å². The largest absolute Gasteiger partial charge is 0.320 e. The number of rotatable bonds is 3. The molecule has 0 bridgehead atoms. The zero-order valence-electron chi connectivity index (χ0n) is 6.73. The molecule has 1 aliphatic heterocycles. The lowest BCUT2D eigenvalue weighted by Crippen LogP contribution is -2.17. The third-order valence-electron chi connectivity index (χ3n) is 1.99. The predicted octanol–water partition coefficient (Wildman–Crippen LogP) is 1.88. The number of hydrogen-bond donors (Lipinski definition) is 1. The lowest BCUT2D eigenvalue weighted by molar-refractivity contribution is 0.609. The van der Waals surface area contributed by atoms with Gasteiger partial charge in [0.25, 0.3) is 0 Å². The Hall–Kier alpha value is 0.310. The molecule has 0 aliphatic carbocycles. The van der Waals surface area contributed by atoms with Crippen molar-refractivity contribution in [3.8, 4) is 0 Å². The van der Waals surface area contributed by atoms with Crippen LogP contribution in [0, 0.1) is 0 Å². The first-order valence-corrected chi connectivity index (χ1v) is 5.24. The van der Waals surface area contributed by atoms with Gasteiger partial charge in [0.1, 0.15) is 0 Å². The number of thioether (sulfide) groups is 1. The average Bonchev–Trinajstić information content (AvgIpc) is 2.03. The Morgan fingerprint density at radius 3 is 3.00 bits per heavy atom. The van der Waals surface area contributed by atoms with Crippen LogP contribution in [0.5, 0.6) is 0 Å². The molecule has 1 N–H and O–H groups in total. The molecule has 1 unspecified atom stereocenters. The van der Waals surface area contributed by atoms with Crippen LogP contribution in [0.4, 0.5) is 0 Å². The minimum atomic E-state index is 0.959. The smallest absolute Gasteiger partial charge is 0.00591 e. The normalized spacial score (nSPS) is 26.7. The van der Waals surface area contributed by atoms with Gasteiger partial charge < -0.3 is 5.32 Å². The standard InChI is InChI=1S/C8H17NS/c1-9-6-5-8-4-2-3-7-10-8/h8-9H,2-7H2,1H3. The van der Waals surface area contributed by atoms with E-state index < -0.39 is 0 Å². The molecule has 0 saturated carbocycles. The second-order valence-electron chi connectivity index (χ2n) is 2.88. The highest BCUT2D eigenvalue weighted by atomic mass is 32.2. The van der Waals surface area contributed by atoms with Gasteiger partial charge in [0.2, 0.25) is 0 Å². The summed E-state index contributed by atoms with van der Waals surface area (Å²) in [5, 5.41) is 4.16. The highest BCUT2D eigenvalue weighted by Gasteiger charge is 2.12. The fraction of sp³-hybridized carbons (Fsp3) is 1.00. The SMILES string of the molecule is CNCCC1CCCCS1. The van der Waals surface area contributed by atoms with E-state index in [0.717, 1.165) is 5.25 Å². The Morgan fingerprint density at radius 1 is 1.50 bits per heavy atom. The number of nitrogens with one attached hydrogen (secondary N) is 1. The summed E-state index contributed by atoms with van der Waals surface area (Å²) in [6.45, 7) is 1.19. The molecule has 0 amide bonds. The second-order valence-corrected chi connectivity index (χ2v) is 4.29. The number of hydrogen-bond acceptors (Lipinski definition) is 2. The zero-order valence-corrected chi connectivity index (χ0v) is 7.54. The van der Waals surface area contributed by atoms with E-state index in [-0.39, 0.29) is 0 Å². The van der Waals surface area contributed by atoms with Crippen molar-refractivity contribution < 1.29 is 0 Å². The molecular formula is C8H17NS. The van der Waals surface area contributed by atoms with Crippen molar-refractivity contribution in [2.75, 3.05) is 19.3 Å². The van der Waals surface area contributed by atoms with Gasteiger partial charge >= 0.3 is 0 Å². The van der Waals surface area contributed by atoms with Gasteiger partial charge in [-0.1, -0.05) is 6.42 Å². The maximum Gasteiger partial charge on any atom is 0.00591 e. The zero-order chi connectivity index (χ0) is 7.23. The van der Waals surface area contributed by atoms with E-state index in [1.807, 2.05) is 7.05 Å². The molecule has 0 aromatic heterocycles. The highest BCUT2D eigenvalue weighted by molar-refractivity contribution is 7.99. The molecule has 1 aliphatic rings. The summed E-state index contributed by atoms with van der Waals surface area (Å²) in [6, 6.07) is 0. The fourth-order valence-corrected chi connectivity index (χ4v) is 2.66.